The van der Waals surface area contributed by atoms with E-state index in [1.54, 1.807) is 12.3 Å². The van der Waals surface area contributed by atoms with Crippen molar-refractivity contribution < 1.29 is 0 Å². The second-order valence-electron chi connectivity index (χ2n) is 5.21. The van der Waals surface area contributed by atoms with Gasteiger partial charge in [0.1, 0.15) is 5.82 Å². The summed E-state index contributed by atoms with van der Waals surface area (Å²) >= 11 is 0. The lowest BCUT2D eigenvalue weighted by molar-refractivity contribution is 0.284. The Morgan fingerprint density at radius 3 is 2.78 bits per heavy atom. The summed E-state index contributed by atoms with van der Waals surface area (Å²) in [6.07, 6.45) is 4.13. The molecular formula is C14H20N4. The standard InChI is InChI=1S/C14H20N4/c1-17(2)11-12-4-7-18(8-5-12)14-9-13(10-15)3-6-16-14/h3,6,9,12H,4-5,7-8,11H2,1-2H3. The van der Waals surface area contributed by atoms with E-state index in [0.717, 1.165) is 24.8 Å². The third-order valence-electron chi connectivity index (χ3n) is 3.44. The van der Waals surface area contributed by atoms with Crippen LogP contribution in [0.2, 0.25) is 0 Å². The summed E-state index contributed by atoms with van der Waals surface area (Å²) in [6.45, 7) is 3.25. The Labute approximate surface area is 109 Å². The Hall–Kier alpha value is -1.60. The Morgan fingerprint density at radius 2 is 2.17 bits per heavy atom. The number of nitrogens with zero attached hydrogens (tertiary/aromatic N) is 4. The topological polar surface area (TPSA) is 43.2 Å². The second kappa shape index (κ2) is 5.83. The maximum Gasteiger partial charge on any atom is 0.129 e. The fraction of sp³-hybridized carbons (Fsp3) is 0.571. The summed E-state index contributed by atoms with van der Waals surface area (Å²) < 4.78 is 0. The zero-order valence-electron chi connectivity index (χ0n) is 11.1. The first-order chi connectivity index (χ1) is 8.69. The number of piperidine rings is 1. The summed E-state index contributed by atoms with van der Waals surface area (Å²) in [7, 11) is 4.26. The van der Waals surface area contributed by atoms with E-state index in [1.165, 1.54) is 19.4 Å². The van der Waals surface area contributed by atoms with Crippen LogP contribution in [-0.2, 0) is 0 Å². The van der Waals surface area contributed by atoms with Crippen molar-refractivity contribution >= 4 is 5.82 Å². The van der Waals surface area contributed by atoms with Gasteiger partial charge in [0.15, 0.2) is 0 Å². The van der Waals surface area contributed by atoms with Crippen LogP contribution in [0, 0.1) is 17.2 Å². The lowest BCUT2D eigenvalue weighted by atomic mass is 9.96. The zero-order valence-corrected chi connectivity index (χ0v) is 11.1. The van der Waals surface area contributed by atoms with E-state index in [0.29, 0.717) is 5.56 Å². The van der Waals surface area contributed by atoms with Crippen molar-refractivity contribution in [1.82, 2.24) is 9.88 Å². The van der Waals surface area contributed by atoms with Gasteiger partial charge in [0, 0.05) is 25.8 Å². The fourth-order valence-corrected chi connectivity index (χ4v) is 2.52. The van der Waals surface area contributed by atoms with E-state index < -0.39 is 0 Å². The van der Waals surface area contributed by atoms with Gasteiger partial charge in [-0.25, -0.2) is 4.98 Å². The lowest BCUT2D eigenvalue weighted by Crippen LogP contribution is -2.37. The molecular weight excluding hydrogens is 224 g/mol. The Bertz CT molecular complexity index is 428. The molecule has 0 atom stereocenters. The van der Waals surface area contributed by atoms with Crippen LogP contribution in [-0.4, -0.2) is 43.6 Å². The summed E-state index contributed by atoms with van der Waals surface area (Å²) in [5.41, 5.74) is 0.690. The van der Waals surface area contributed by atoms with Gasteiger partial charge in [0.2, 0.25) is 0 Å². The number of nitriles is 1. The van der Waals surface area contributed by atoms with E-state index in [4.69, 9.17) is 5.26 Å². The highest BCUT2D eigenvalue weighted by Crippen LogP contribution is 2.22. The van der Waals surface area contributed by atoms with Gasteiger partial charge in [-0.1, -0.05) is 0 Å². The van der Waals surface area contributed by atoms with E-state index in [2.05, 4.69) is 34.9 Å². The highest BCUT2D eigenvalue weighted by molar-refractivity contribution is 5.45. The van der Waals surface area contributed by atoms with E-state index >= 15 is 0 Å². The Kier molecular flexibility index (Phi) is 4.16. The van der Waals surface area contributed by atoms with Crippen molar-refractivity contribution in [3.8, 4) is 6.07 Å². The number of pyridine rings is 1. The molecule has 0 aliphatic carbocycles. The minimum atomic E-state index is 0.690. The van der Waals surface area contributed by atoms with Crippen molar-refractivity contribution in [1.29, 1.82) is 5.26 Å². The van der Waals surface area contributed by atoms with E-state index in [-0.39, 0.29) is 0 Å². The van der Waals surface area contributed by atoms with Crippen molar-refractivity contribution in [3.05, 3.63) is 23.9 Å². The SMILES string of the molecule is CN(C)CC1CCN(c2cc(C#N)ccn2)CC1. The molecule has 2 heterocycles. The number of rotatable bonds is 3. The summed E-state index contributed by atoms with van der Waals surface area (Å²) in [6, 6.07) is 5.80. The molecule has 4 nitrogen and oxygen atoms in total. The van der Waals surface area contributed by atoms with Gasteiger partial charge in [-0.3, -0.25) is 0 Å². The summed E-state index contributed by atoms with van der Waals surface area (Å²) in [4.78, 5) is 8.90. The van der Waals surface area contributed by atoms with Gasteiger partial charge in [0.05, 0.1) is 11.6 Å². The first kappa shape index (κ1) is 12.8. The van der Waals surface area contributed by atoms with Gasteiger partial charge in [-0.05, 0) is 45.0 Å². The predicted octanol–water partition coefficient (Wildman–Crippen LogP) is 1.73. The van der Waals surface area contributed by atoms with Crippen LogP contribution in [0.4, 0.5) is 5.82 Å². The molecule has 96 valence electrons. The molecule has 0 aromatic carbocycles. The highest BCUT2D eigenvalue weighted by Gasteiger charge is 2.20. The third-order valence-corrected chi connectivity index (χ3v) is 3.44. The van der Waals surface area contributed by atoms with Crippen LogP contribution >= 0.6 is 0 Å². The average molecular weight is 244 g/mol. The monoisotopic (exact) mass is 244 g/mol. The molecule has 1 fully saturated rings. The van der Waals surface area contributed by atoms with Crippen LogP contribution in [0.1, 0.15) is 18.4 Å². The largest absolute Gasteiger partial charge is 0.357 e. The van der Waals surface area contributed by atoms with E-state index in [9.17, 15) is 0 Å². The van der Waals surface area contributed by atoms with Crippen molar-refractivity contribution in [3.63, 3.8) is 0 Å². The summed E-state index contributed by atoms with van der Waals surface area (Å²) in [5, 5.41) is 8.90. The zero-order chi connectivity index (χ0) is 13.0. The predicted molar refractivity (Wildman–Crippen MR) is 72.4 cm³/mol. The number of hydrogen-bond donors (Lipinski definition) is 0. The van der Waals surface area contributed by atoms with Crippen molar-refractivity contribution in [2.75, 3.05) is 38.6 Å². The maximum absolute atomic E-state index is 8.90. The quantitative estimate of drug-likeness (QED) is 0.812. The van der Waals surface area contributed by atoms with Crippen LogP contribution in [0.3, 0.4) is 0 Å². The fourth-order valence-electron chi connectivity index (χ4n) is 2.52. The first-order valence-corrected chi connectivity index (χ1v) is 6.45. The van der Waals surface area contributed by atoms with Crippen LogP contribution < -0.4 is 4.90 Å². The van der Waals surface area contributed by atoms with Gasteiger partial charge < -0.3 is 9.80 Å². The molecule has 1 aliphatic heterocycles. The third kappa shape index (κ3) is 3.21. The molecule has 1 aliphatic rings. The van der Waals surface area contributed by atoms with Gasteiger partial charge in [-0.15, -0.1) is 0 Å². The van der Waals surface area contributed by atoms with E-state index in [1.807, 2.05) is 6.07 Å². The molecule has 0 amide bonds. The summed E-state index contributed by atoms with van der Waals surface area (Å²) in [5.74, 6) is 1.73. The van der Waals surface area contributed by atoms with Gasteiger partial charge in [-0.2, -0.15) is 5.26 Å². The van der Waals surface area contributed by atoms with Crippen LogP contribution in [0.15, 0.2) is 18.3 Å². The highest BCUT2D eigenvalue weighted by atomic mass is 15.2. The molecule has 0 bridgehead atoms. The number of anilines is 1. The smallest absolute Gasteiger partial charge is 0.129 e. The molecule has 0 unspecified atom stereocenters. The molecule has 4 heteroatoms. The first-order valence-electron chi connectivity index (χ1n) is 6.45. The van der Waals surface area contributed by atoms with Crippen LogP contribution in [0.25, 0.3) is 0 Å². The molecule has 0 radical (unpaired) electrons. The maximum atomic E-state index is 8.90. The minimum absolute atomic E-state index is 0.690. The second-order valence-corrected chi connectivity index (χ2v) is 5.21. The molecule has 0 spiro atoms. The number of hydrogen-bond acceptors (Lipinski definition) is 4. The Morgan fingerprint density at radius 1 is 1.44 bits per heavy atom. The molecule has 2 rings (SSSR count). The molecule has 0 N–H and O–H groups in total. The lowest BCUT2D eigenvalue weighted by Gasteiger charge is -2.33. The molecule has 0 saturated carbocycles. The average Bonchev–Trinajstić information content (AvgIpc) is 2.39. The minimum Gasteiger partial charge on any atom is -0.357 e. The molecule has 18 heavy (non-hydrogen) atoms. The molecule has 1 saturated heterocycles. The molecule has 1 aromatic heterocycles. The normalized spacial score (nSPS) is 16.9. The van der Waals surface area contributed by atoms with Crippen molar-refractivity contribution in [2.45, 2.75) is 12.8 Å². The van der Waals surface area contributed by atoms with Gasteiger partial charge in [0.25, 0.3) is 0 Å². The van der Waals surface area contributed by atoms with Crippen molar-refractivity contribution in [2.24, 2.45) is 5.92 Å². The van der Waals surface area contributed by atoms with Crippen LogP contribution in [0.5, 0.6) is 0 Å². The Balaban J connectivity index is 1.95. The number of aromatic nitrogens is 1. The van der Waals surface area contributed by atoms with Gasteiger partial charge >= 0.3 is 0 Å². The molecule has 1 aromatic rings.